The molecule has 0 spiro atoms. The Kier molecular flexibility index (Phi) is 5.69. The molecule has 1 fully saturated rings. The zero-order valence-corrected chi connectivity index (χ0v) is 16.5. The van der Waals surface area contributed by atoms with Crippen LogP contribution in [0.1, 0.15) is 22.8 Å². The number of hydrogen-bond donors (Lipinski definition) is 1. The van der Waals surface area contributed by atoms with Crippen LogP contribution in [0.5, 0.6) is 5.75 Å². The number of ether oxygens (including phenoxy) is 1. The minimum Gasteiger partial charge on any atom is -0.497 e. The van der Waals surface area contributed by atoms with Crippen molar-refractivity contribution in [3.05, 3.63) is 59.7 Å². The van der Waals surface area contributed by atoms with Crippen LogP contribution in [0.25, 0.3) is 0 Å². The minimum absolute atomic E-state index is 0.195. The highest BCUT2D eigenvalue weighted by Gasteiger charge is 2.41. The number of benzene rings is 2. The number of carbonyl (C=O) groups excluding carboxylic acids is 2. The SMILES string of the molecule is COc1ccc(CCNC(=O)c2ccc(N3C(=O)[C@H](C)CS3(=O)=O)cc2)cc1. The molecule has 1 aliphatic heterocycles. The topological polar surface area (TPSA) is 92.8 Å². The molecule has 0 unspecified atom stereocenters. The van der Waals surface area contributed by atoms with Gasteiger partial charge in [0.2, 0.25) is 15.9 Å². The molecule has 1 aliphatic rings. The van der Waals surface area contributed by atoms with Crippen molar-refractivity contribution < 1.29 is 22.7 Å². The van der Waals surface area contributed by atoms with Crippen molar-refractivity contribution in [1.82, 2.24) is 5.32 Å². The third-order valence-electron chi connectivity index (χ3n) is 4.58. The van der Waals surface area contributed by atoms with E-state index < -0.39 is 21.8 Å². The monoisotopic (exact) mass is 402 g/mol. The van der Waals surface area contributed by atoms with Gasteiger partial charge in [0.15, 0.2) is 0 Å². The van der Waals surface area contributed by atoms with Gasteiger partial charge >= 0.3 is 0 Å². The van der Waals surface area contributed by atoms with Crippen molar-refractivity contribution in [2.24, 2.45) is 5.92 Å². The molecule has 28 heavy (non-hydrogen) atoms. The Hall–Kier alpha value is -2.87. The summed E-state index contributed by atoms with van der Waals surface area (Å²) in [6, 6.07) is 13.6. The molecular formula is C20H22N2O5S. The molecule has 148 valence electrons. The predicted octanol–water partition coefficient (Wildman–Crippen LogP) is 1.98. The number of hydrogen-bond acceptors (Lipinski definition) is 5. The Balaban J connectivity index is 1.60. The maximum Gasteiger partial charge on any atom is 0.251 e. The van der Waals surface area contributed by atoms with Gasteiger partial charge in [0.1, 0.15) is 5.75 Å². The van der Waals surface area contributed by atoms with Gasteiger partial charge in [-0.1, -0.05) is 19.1 Å². The lowest BCUT2D eigenvalue weighted by molar-refractivity contribution is -0.119. The van der Waals surface area contributed by atoms with Gasteiger partial charge in [0, 0.05) is 12.1 Å². The summed E-state index contributed by atoms with van der Waals surface area (Å²) in [5.74, 6) is -0.688. The smallest absolute Gasteiger partial charge is 0.251 e. The fourth-order valence-electron chi connectivity index (χ4n) is 3.05. The van der Waals surface area contributed by atoms with Gasteiger partial charge in [-0.05, 0) is 48.4 Å². The average molecular weight is 402 g/mol. The standard InChI is InChI=1S/C20H22N2O5S/c1-14-13-28(25,26)22(20(14)24)17-7-5-16(6-8-17)19(23)21-12-11-15-3-9-18(27-2)10-4-15/h3-10,14H,11-13H2,1-2H3,(H,21,23)/t14-/m1/s1. The molecule has 1 saturated heterocycles. The first kappa shape index (κ1) is 19.9. The van der Waals surface area contributed by atoms with Crippen LogP contribution in [0.4, 0.5) is 5.69 Å². The number of amides is 2. The molecule has 0 aliphatic carbocycles. The molecule has 2 aromatic rings. The number of nitrogens with zero attached hydrogens (tertiary/aromatic N) is 1. The summed E-state index contributed by atoms with van der Waals surface area (Å²) in [4.78, 5) is 24.4. The molecule has 0 aromatic heterocycles. The van der Waals surface area contributed by atoms with Gasteiger partial charge < -0.3 is 10.1 Å². The van der Waals surface area contributed by atoms with Crippen LogP contribution in [0, 0.1) is 5.92 Å². The molecule has 3 rings (SSSR count). The third kappa shape index (κ3) is 4.17. The van der Waals surface area contributed by atoms with Crippen LogP contribution in [0.15, 0.2) is 48.5 Å². The van der Waals surface area contributed by atoms with Crippen molar-refractivity contribution in [1.29, 1.82) is 0 Å². The molecule has 0 bridgehead atoms. The summed E-state index contributed by atoms with van der Waals surface area (Å²) in [5.41, 5.74) is 1.73. The third-order valence-corrected chi connectivity index (χ3v) is 6.45. The van der Waals surface area contributed by atoms with E-state index in [-0.39, 0.29) is 17.3 Å². The van der Waals surface area contributed by atoms with E-state index in [2.05, 4.69) is 5.32 Å². The van der Waals surface area contributed by atoms with Crippen LogP contribution in [-0.4, -0.2) is 39.6 Å². The van der Waals surface area contributed by atoms with Crippen LogP contribution in [-0.2, 0) is 21.2 Å². The Bertz CT molecular complexity index is 969. The highest BCUT2D eigenvalue weighted by Crippen LogP contribution is 2.28. The number of anilines is 1. The van der Waals surface area contributed by atoms with Gasteiger partial charge in [-0.25, -0.2) is 12.7 Å². The van der Waals surface area contributed by atoms with E-state index >= 15 is 0 Å². The largest absolute Gasteiger partial charge is 0.497 e. The van der Waals surface area contributed by atoms with Crippen LogP contribution < -0.4 is 14.4 Å². The highest BCUT2D eigenvalue weighted by molar-refractivity contribution is 7.94. The number of carbonyl (C=O) groups is 2. The van der Waals surface area contributed by atoms with Crippen molar-refractivity contribution >= 4 is 27.5 Å². The predicted molar refractivity (Wildman–Crippen MR) is 106 cm³/mol. The first-order chi connectivity index (χ1) is 13.3. The minimum atomic E-state index is -3.65. The molecule has 7 nitrogen and oxygen atoms in total. The van der Waals surface area contributed by atoms with Crippen LogP contribution in [0.3, 0.4) is 0 Å². The summed E-state index contributed by atoms with van der Waals surface area (Å²) in [7, 11) is -2.04. The van der Waals surface area contributed by atoms with E-state index in [4.69, 9.17) is 4.74 Å². The molecule has 2 aromatic carbocycles. The Morgan fingerprint density at radius 2 is 1.79 bits per heavy atom. The van der Waals surface area contributed by atoms with Gasteiger partial charge in [-0.2, -0.15) is 0 Å². The Morgan fingerprint density at radius 1 is 1.14 bits per heavy atom. The quantitative estimate of drug-likeness (QED) is 0.798. The van der Waals surface area contributed by atoms with Gasteiger partial charge in [-0.15, -0.1) is 0 Å². The molecule has 2 amide bonds. The molecule has 0 saturated carbocycles. The van der Waals surface area contributed by atoms with Crippen molar-refractivity contribution in [3.8, 4) is 5.75 Å². The Labute approximate surface area is 164 Å². The second-order valence-electron chi connectivity index (χ2n) is 6.68. The maximum absolute atomic E-state index is 12.3. The van der Waals surface area contributed by atoms with Crippen LogP contribution >= 0.6 is 0 Å². The summed E-state index contributed by atoms with van der Waals surface area (Å²) in [6.07, 6.45) is 0.673. The number of methoxy groups -OCH3 is 1. The second kappa shape index (κ2) is 8.02. The fourth-order valence-corrected chi connectivity index (χ4v) is 4.87. The summed E-state index contributed by atoms with van der Waals surface area (Å²) in [6.45, 7) is 2.05. The van der Waals surface area contributed by atoms with E-state index in [1.54, 1.807) is 14.0 Å². The summed E-state index contributed by atoms with van der Waals surface area (Å²) in [5, 5.41) is 2.83. The Morgan fingerprint density at radius 3 is 2.32 bits per heavy atom. The molecule has 0 radical (unpaired) electrons. The molecule has 1 heterocycles. The van der Waals surface area contributed by atoms with Gasteiger partial charge in [-0.3, -0.25) is 9.59 Å². The van der Waals surface area contributed by atoms with E-state index in [0.717, 1.165) is 15.6 Å². The summed E-state index contributed by atoms with van der Waals surface area (Å²) >= 11 is 0. The molecular weight excluding hydrogens is 380 g/mol. The van der Waals surface area contributed by atoms with E-state index in [1.807, 2.05) is 24.3 Å². The second-order valence-corrected chi connectivity index (χ2v) is 8.55. The highest BCUT2D eigenvalue weighted by atomic mass is 32.2. The number of nitrogens with one attached hydrogen (secondary N) is 1. The molecule has 1 atom stereocenters. The fraction of sp³-hybridized carbons (Fsp3) is 0.300. The average Bonchev–Trinajstić information content (AvgIpc) is 2.89. The molecule has 8 heteroatoms. The van der Waals surface area contributed by atoms with Crippen molar-refractivity contribution in [3.63, 3.8) is 0 Å². The maximum atomic E-state index is 12.3. The van der Waals surface area contributed by atoms with Gasteiger partial charge in [0.25, 0.3) is 5.91 Å². The van der Waals surface area contributed by atoms with Gasteiger partial charge in [0.05, 0.1) is 24.5 Å². The van der Waals surface area contributed by atoms with Crippen molar-refractivity contribution in [2.45, 2.75) is 13.3 Å². The lowest BCUT2D eigenvalue weighted by Gasteiger charge is -2.15. The molecule has 1 N–H and O–H groups in total. The number of rotatable bonds is 6. The zero-order valence-electron chi connectivity index (χ0n) is 15.7. The van der Waals surface area contributed by atoms with E-state index in [0.29, 0.717) is 18.5 Å². The first-order valence-electron chi connectivity index (χ1n) is 8.90. The summed E-state index contributed by atoms with van der Waals surface area (Å²) < 4.78 is 30.2. The van der Waals surface area contributed by atoms with Crippen molar-refractivity contribution in [2.75, 3.05) is 23.7 Å². The zero-order chi connectivity index (χ0) is 20.3. The normalized spacial score (nSPS) is 18.1. The lowest BCUT2D eigenvalue weighted by Crippen LogP contribution is -2.30. The van der Waals surface area contributed by atoms with Crippen LogP contribution in [0.2, 0.25) is 0 Å². The first-order valence-corrected chi connectivity index (χ1v) is 10.5. The number of sulfonamides is 1. The van der Waals surface area contributed by atoms with E-state index in [9.17, 15) is 18.0 Å². The van der Waals surface area contributed by atoms with E-state index in [1.165, 1.54) is 24.3 Å². The lowest BCUT2D eigenvalue weighted by atomic mass is 10.1.